The highest BCUT2D eigenvalue weighted by Crippen LogP contribution is 2.29. The smallest absolute Gasteiger partial charge is 0.416 e. The molecular formula is C17H23F3N2O4S. The number of ether oxygens (including phenoxy) is 1. The summed E-state index contributed by atoms with van der Waals surface area (Å²) in [7, 11) is -3.94. The van der Waals surface area contributed by atoms with Gasteiger partial charge in [-0.05, 0) is 57.9 Å². The van der Waals surface area contributed by atoms with Crippen molar-refractivity contribution in [2.24, 2.45) is 0 Å². The molecule has 1 saturated heterocycles. The summed E-state index contributed by atoms with van der Waals surface area (Å²) >= 11 is 0. The van der Waals surface area contributed by atoms with E-state index in [1.54, 1.807) is 20.8 Å². The lowest BCUT2D eigenvalue weighted by Crippen LogP contribution is -2.47. The Morgan fingerprint density at radius 1 is 1.11 bits per heavy atom. The van der Waals surface area contributed by atoms with Crippen molar-refractivity contribution in [3.63, 3.8) is 0 Å². The topological polar surface area (TPSA) is 75.7 Å². The van der Waals surface area contributed by atoms with Gasteiger partial charge < -0.3 is 9.64 Å². The number of sulfonamides is 1. The highest BCUT2D eigenvalue weighted by Gasteiger charge is 2.32. The highest BCUT2D eigenvalue weighted by molar-refractivity contribution is 7.89. The van der Waals surface area contributed by atoms with Gasteiger partial charge in [-0.2, -0.15) is 13.2 Å². The first kappa shape index (κ1) is 21.5. The molecule has 6 nitrogen and oxygen atoms in total. The van der Waals surface area contributed by atoms with E-state index in [-0.39, 0.29) is 4.90 Å². The largest absolute Gasteiger partial charge is 0.444 e. The van der Waals surface area contributed by atoms with Gasteiger partial charge in [-0.25, -0.2) is 17.9 Å². The number of likely N-dealkylation sites (tertiary alicyclic amines) is 1. The molecule has 1 aliphatic heterocycles. The number of alkyl halides is 3. The summed E-state index contributed by atoms with van der Waals surface area (Å²) in [5.74, 6) is 0. The molecule has 2 rings (SSSR count). The van der Waals surface area contributed by atoms with Crippen LogP contribution < -0.4 is 4.72 Å². The Morgan fingerprint density at radius 3 is 2.07 bits per heavy atom. The molecular weight excluding hydrogens is 385 g/mol. The number of benzene rings is 1. The molecule has 1 N–H and O–H groups in total. The zero-order valence-corrected chi connectivity index (χ0v) is 16.2. The molecule has 0 bridgehead atoms. The summed E-state index contributed by atoms with van der Waals surface area (Å²) in [6.45, 7) is 5.94. The minimum Gasteiger partial charge on any atom is -0.444 e. The molecule has 0 spiro atoms. The van der Waals surface area contributed by atoms with Crippen LogP contribution in [0.25, 0.3) is 0 Å². The normalized spacial score (nSPS) is 17.0. The van der Waals surface area contributed by atoms with E-state index in [4.69, 9.17) is 4.74 Å². The van der Waals surface area contributed by atoms with Crippen molar-refractivity contribution in [1.29, 1.82) is 0 Å². The lowest BCUT2D eigenvalue weighted by atomic mass is 10.1. The van der Waals surface area contributed by atoms with E-state index in [1.807, 2.05) is 0 Å². The molecule has 1 aliphatic rings. The predicted molar refractivity (Wildman–Crippen MR) is 92.6 cm³/mol. The third-order valence-corrected chi connectivity index (χ3v) is 5.50. The number of nitrogens with one attached hydrogen (secondary N) is 1. The lowest BCUT2D eigenvalue weighted by Gasteiger charge is -2.33. The lowest BCUT2D eigenvalue weighted by molar-refractivity contribution is -0.137. The van der Waals surface area contributed by atoms with Crippen molar-refractivity contribution in [2.45, 2.75) is 56.3 Å². The number of amides is 1. The number of halogens is 3. The van der Waals surface area contributed by atoms with Crippen LogP contribution in [0.4, 0.5) is 18.0 Å². The van der Waals surface area contributed by atoms with E-state index in [0.29, 0.717) is 25.9 Å². The number of hydrogen-bond donors (Lipinski definition) is 1. The first-order chi connectivity index (χ1) is 12.3. The van der Waals surface area contributed by atoms with Gasteiger partial charge in [0.15, 0.2) is 0 Å². The second kappa shape index (κ2) is 7.67. The Labute approximate surface area is 156 Å². The van der Waals surface area contributed by atoms with Gasteiger partial charge in [-0.3, -0.25) is 0 Å². The minimum absolute atomic E-state index is 0.231. The van der Waals surface area contributed by atoms with Gasteiger partial charge in [-0.1, -0.05) is 0 Å². The van der Waals surface area contributed by atoms with Crippen LogP contribution in [-0.2, 0) is 20.9 Å². The summed E-state index contributed by atoms with van der Waals surface area (Å²) in [4.78, 5) is 13.3. The van der Waals surface area contributed by atoms with E-state index in [0.717, 1.165) is 24.3 Å². The van der Waals surface area contributed by atoms with E-state index >= 15 is 0 Å². The quantitative estimate of drug-likeness (QED) is 0.832. The van der Waals surface area contributed by atoms with Crippen molar-refractivity contribution in [3.8, 4) is 0 Å². The standard InChI is InChI=1S/C17H23F3N2O4S/c1-16(2,3)26-15(23)22-10-8-13(9-11-22)21-27(24,25)14-6-4-12(5-7-14)17(18,19)20/h4-7,13,21H,8-11H2,1-3H3. The van der Waals surface area contributed by atoms with Crippen molar-refractivity contribution in [3.05, 3.63) is 29.8 Å². The third-order valence-electron chi connectivity index (χ3n) is 3.96. The van der Waals surface area contributed by atoms with Crippen LogP contribution >= 0.6 is 0 Å². The maximum atomic E-state index is 12.6. The number of rotatable bonds is 3. The monoisotopic (exact) mass is 408 g/mol. The van der Waals surface area contributed by atoms with Crippen molar-refractivity contribution >= 4 is 16.1 Å². The number of carbonyl (C=O) groups is 1. The molecule has 1 heterocycles. The first-order valence-corrected chi connectivity index (χ1v) is 9.94. The molecule has 1 aromatic carbocycles. The van der Waals surface area contributed by atoms with Crippen LogP contribution in [-0.4, -0.2) is 44.1 Å². The SMILES string of the molecule is CC(C)(C)OC(=O)N1CCC(NS(=O)(=O)c2ccc(C(F)(F)F)cc2)CC1. The fourth-order valence-corrected chi connectivity index (χ4v) is 3.92. The van der Waals surface area contributed by atoms with E-state index in [1.165, 1.54) is 4.90 Å². The summed E-state index contributed by atoms with van der Waals surface area (Å²) < 4.78 is 70.3. The Kier molecular flexibility index (Phi) is 6.10. The van der Waals surface area contributed by atoms with Crippen molar-refractivity contribution < 1.29 is 31.1 Å². The van der Waals surface area contributed by atoms with Gasteiger partial charge in [0, 0.05) is 19.1 Å². The van der Waals surface area contributed by atoms with Crippen LogP contribution in [0.5, 0.6) is 0 Å². The van der Waals surface area contributed by atoms with Crippen LogP contribution in [0, 0.1) is 0 Å². The molecule has 27 heavy (non-hydrogen) atoms. The Balaban J connectivity index is 1.95. The molecule has 10 heteroatoms. The molecule has 0 atom stereocenters. The molecule has 0 radical (unpaired) electrons. The Bertz CT molecular complexity index is 763. The summed E-state index contributed by atoms with van der Waals surface area (Å²) in [5, 5.41) is 0. The summed E-state index contributed by atoms with van der Waals surface area (Å²) in [6, 6.07) is 2.93. The van der Waals surface area contributed by atoms with Gasteiger partial charge >= 0.3 is 12.3 Å². The fraction of sp³-hybridized carbons (Fsp3) is 0.588. The van der Waals surface area contributed by atoms with Gasteiger partial charge in [-0.15, -0.1) is 0 Å². The molecule has 1 fully saturated rings. The second-order valence-corrected chi connectivity index (χ2v) is 9.10. The minimum atomic E-state index is -4.52. The van der Waals surface area contributed by atoms with Crippen LogP contribution in [0.15, 0.2) is 29.2 Å². The molecule has 0 saturated carbocycles. The van der Waals surface area contributed by atoms with Gasteiger partial charge in [0.05, 0.1) is 10.5 Å². The average Bonchev–Trinajstić information content (AvgIpc) is 2.53. The molecule has 1 amide bonds. The van der Waals surface area contributed by atoms with E-state index in [2.05, 4.69) is 4.72 Å². The predicted octanol–water partition coefficient (Wildman–Crippen LogP) is 3.38. The first-order valence-electron chi connectivity index (χ1n) is 8.45. The number of carbonyl (C=O) groups excluding carboxylic acids is 1. The zero-order chi connectivity index (χ0) is 20.5. The molecule has 0 aromatic heterocycles. The van der Waals surface area contributed by atoms with E-state index < -0.39 is 39.5 Å². The van der Waals surface area contributed by atoms with Crippen LogP contribution in [0.3, 0.4) is 0 Å². The Hall–Kier alpha value is -1.81. The maximum absolute atomic E-state index is 12.6. The van der Waals surface area contributed by atoms with Gasteiger partial charge in [0.25, 0.3) is 0 Å². The average molecular weight is 408 g/mol. The number of piperidine rings is 1. The molecule has 1 aromatic rings. The van der Waals surface area contributed by atoms with Crippen molar-refractivity contribution in [2.75, 3.05) is 13.1 Å². The van der Waals surface area contributed by atoms with Gasteiger partial charge in [0.1, 0.15) is 5.60 Å². The maximum Gasteiger partial charge on any atom is 0.416 e. The summed E-state index contributed by atoms with van der Waals surface area (Å²) in [6.07, 6.45) is -4.20. The Morgan fingerprint density at radius 2 is 1.63 bits per heavy atom. The zero-order valence-electron chi connectivity index (χ0n) is 15.3. The van der Waals surface area contributed by atoms with Crippen LogP contribution in [0.2, 0.25) is 0 Å². The number of hydrogen-bond acceptors (Lipinski definition) is 4. The molecule has 152 valence electrons. The van der Waals surface area contributed by atoms with Crippen molar-refractivity contribution in [1.82, 2.24) is 9.62 Å². The summed E-state index contributed by atoms with van der Waals surface area (Å²) in [5.41, 5.74) is -1.52. The highest BCUT2D eigenvalue weighted by atomic mass is 32.2. The van der Waals surface area contributed by atoms with Crippen LogP contribution in [0.1, 0.15) is 39.2 Å². The second-order valence-electron chi connectivity index (χ2n) is 7.39. The number of nitrogens with zero attached hydrogens (tertiary/aromatic N) is 1. The van der Waals surface area contributed by atoms with Gasteiger partial charge in [0.2, 0.25) is 10.0 Å². The fourth-order valence-electron chi connectivity index (χ4n) is 2.62. The van der Waals surface area contributed by atoms with E-state index in [9.17, 15) is 26.4 Å². The molecule has 0 aliphatic carbocycles. The molecule has 0 unspecified atom stereocenters. The third kappa shape index (κ3) is 6.10.